The van der Waals surface area contributed by atoms with E-state index in [1.54, 1.807) is 0 Å². The molecule has 6 nitrogen and oxygen atoms in total. The normalized spacial score (nSPS) is 28.8. The third kappa shape index (κ3) is 1.95. The van der Waals surface area contributed by atoms with Crippen LogP contribution in [0, 0.1) is 0 Å². The number of aliphatic hydroxyl groups excluding tert-OH is 1. The van der Waals surface area contributed by atoms with Gasteiger partial charge >= 0.3 is 0 Å². The van der Waals surface area contributed by atoms with Crippen LogP contribution in [0.4, 0.5) is 0 Å². The second-order valence-corrected chi connectivity index (χ2v) is 3.60. The first-order valence-corrected chi connectivity index (χ1v) is 5.10. The van der Waals surface area contributed by atoms with E-state index in [1.807, 2.05) is 0 Å². The lowest BCUT2D eigenvalue weighted by Gasteiger charge is -2.35. The minimum absolute atomic E-state index is 0.0846. The second-order valence-electron chi connectivity index (χ2n) is 3.60. The second kappa shape index (κ2) is 4.25. The highest BCUT2D eigenvalue weighted by Crippen LogP contribution is 2.26. The van der Waals surface area contributed by atoms with Crippen molar-refractivity contribution in [3.05, 3.63) is 23.5 Å². The first kappa shape index (κ1) is 11.1. The van der Waals surface area contributed by atoms with Gasteiger partial charge in [-0.1, -0.05) is 0 Å². The number of fused-ring (bicyclic) bond motifs is 1. The summed E-state index contributed by atoms with van der Waals surface area (Å²) in [5.41, 5.74) is 0.599. The Kier molecular flexibility index (Phi) is 2.95. The van der Waals surface area contributed by atoms with Gasteiger partial charge in [0.05, 0.1) is 24.6 Å². The molecule has 0 saturated carbocycles. The molecule has 4 N–H and O–H groups in total. The Morgan fingerprint density at radius 1 is 1.62 bits per heavy atom. The molecule has 1 saturated heterocycles. The first-order valence-electron chi connectivity index (χ1n) is 5.10. The van der Waals surface area contributed by atoms with E-state index < -0.39 is 5.79 Å². The van der Waals surface area contributed by atoms with Gasteiger partial charge in [-0.3, -0.25) is 4.79 Å². The van der Waals surface area contributed by atoms with Crippen molar-refractivity contribution in [2.24, 2.45) is 0 Å². The van der Waals surface area contributed by atoms with E-state index in [0.717, 1.165) is 0 Å². The summed E-state index contributed by atoms with van der Waals surface area (Å²) in [7, 11) is 0. The molecule has 1 atom stereocenters. The van der Waals surface area contributed by atoms with Gasteiger partial charge in [0.1, 0.15) is 0 Å². The van der Waals surface area contributed by atoms with E-state index in [0.29, 0.717) is 18.8 Å². The van der Waals surface area contributed by atoms with E-state index in [9.17, 15) is 9.90 Å². The average Bonchev–Trinajstić information content (AvgIpc) is 2.27. The molecule has 0 bridgehead atoms. The zero-order chi connectivity index (χ0) is 11.6. The zero-order valence-electron chi connectivity index (χ0n) is 8.69. The number of hydrogen-bond donors (Lipinski definition) is 4. The Balaban J connectivity index is 2.20. The molecule has 6 heteroatoms. The van der Waals surface area contributed by atoms with Gasteiger partial charge in [0, 0.05) is 25.2 Å². The summed E-state index contributed by atoms with van der Waals surface area (Å²) in [4.78, 5) is 11.6. The fraction of sp³-hybridized carbons (Fsp3) is 0.500. The first-order chi connectivity index (χ1) is 7.65. The highest BCUT2D eigenvalue weighted by molar-refractivity contribution is 6.05. The quantitative estimate of drug-likeness (QED) is 0.455. The maximum atomic E-state index is 11.6. The highest BCUT2D eigenvalue weighted by atomic mass is 16.6. The average molecular weight is 226 g/mol. The number of rotatable bonds is 3. The van der Waals surface area contributed by atoms with Crippen molar-refractivity contribution in [1.82, 2.24) is 10.6 Å². The fourth-order valence-electron chi connectivity index (χ4n) is 1.67. The molecule has 1 aliphatic carbocycles. The van der Waals surface area contributed by atoms with Crippen molar-refractivity contribution >= 4 is 5.78 Å². The molecule has 0 spiro atoms. The number of hydrogen-bond acceptors (Lipinski definition) is 6. The minimum atomic E-state index is -1.55. The number of carbonyl (C=O) groups is 1. The predicted octanol–water partition coefficient (Wildman–Crippen LogP) is -1.77. The Morgan fingerprint density at radius 2 is 2.44 bits per heavy atom. The van der Waals surface area contributed by atoms with Gasteiger partial charge < -0.3 is 25.6 Å². The van der Waals surface area contributed by atoms with Gasteiger partial charge in [0.15, 0.2) is 0 Å². The Morgan fingerprint density at radius 3 is 3.19 bits per heavy atom. The third-order valence-corrected chi connectivity index (χ3v) is 2.43. The van der Waals surface area contributed by atoms with E-state index in [1.165, 1.54) is 12.2 Å². The summed E-state index contributed by atoms with van der Waals surface area (Å²) in [6.45, 7) is 1.10. The van der Waals surface area contributed by atoms with Crippen LogP contribution in [0.2, 0.25) is 0 Å². The molecular formula is C10H14N2O4. The van der Waals surface area contributed by atoms with Crippen molar-refractivity contribution in [2.75, 3.05) is 26.3 Å². The molecule has 88 valence electrons. The van der Waals surface area contributed by atoms with Crippen LogP contribution < -0.4 is 10.6 Å². The lowest BCUT2D eigenvalue weighted by molar-refractivity contribution is -0.157. The number of carbonyl (C=O) groups excluding carboxylic acids is 1. The molecule has 0 aromatic rings. The molecule has 1 fully saturated rings. The number of ketones is 1. The molecule has 16 heavy (non-hydrogen) atoms. The zero-order valence-corrected chi connectivity index (χ0v) is 8.69. The molecule has 2 aliphatic rings. The smallest absolute Gasteiger partial charge is 0.230 e. The van der Waals surface area contributed by atoms with Gasteiger partial charge in [0.25, 0.3) is 0 Å². The molecule has 2 rings (SSSR count). The molecule has 0 amide bonds. The lowest BCUT2D eigenvalue weighted by Crippen LogP contribution is -2.49. The molecule has 1 unspecified atom stereocenters. The van der Waals surface area contributed by atoms with Crippen molar-refractivity contribution in [3.63, 3.8) is 0 Å². The standard InChI is InChI=1S/C10H14N2O4/c13-3-1-11-7-6-10(15)9(5-8(7)14)12-2-4-16-10/h5-6,11-13,15H,1-4H2. The van der Waals surface area contributed by atoms with E-state index in [2.05, 4.69) is 10.6 Å². The van der Waals surface area contributed by atoms with Crippen LogP contribution in [0.5, 0.6) is 0 Å². The monoisotopic (exact) mass is 226 g/mol. The number of nitrogens with one attached hydrogen (secondary N) is 2. The van der Waals surface area contributed by atoms with Gasteiger partial charge in [-0.05, 0) is 0 Å². The van der Waals surface area contributed by atoms with E-state index in [-0.39, 0.29) is 24.6 Å². The maximum Gasteiger partial charge on any atom is 0.230 e. The Hall–Kier alpha value is -1.37. The summed E-state index contributed by atoms with van der Waals surface area (Å²) in [6.07, 6.45) is 2.63. The van der Waals surface area contributed by atoms with Crippen LogP contribution in [0.15, 0.2) is 23.5 Å². The van der Waals surface area contributed by atoms with E-state index >= 15 is 0 Å². The molecule has 1 aliphatic heterocycles. The van der Waals surface area contributed by atoms with Crippen LogP contribution in [-0.4, -0.2) is 48.1 Å². The summed E-state index contributed by atoms with van der Waals surface area (Å²) in [5.74, 6) is -1.80. The van der Waals surface area contributed by atoms with Crippen molar-refractivity contribution in [2.45, 2.75) is 5.79 Å². The number of allylic oxidation sites excluding steroid dienone is 1. The fourth-order valence-corrected chi connectivity index (χ4v) is 1.67. The number of aliphatic hydroxyl groups is 2. The summed E-state index contributed by atoms with van der Waals surface area (Å²) < 4.78 is 5.22. The molecule has 0 aromatic heterocycles. The third-order valence-electron chi connectivity index (χ3n) is 2.43. The Labute approximate surface area is 92.6 Å². The maximum absolute atomic E-state index is 11.6. The van der Waals surface area contributed by atoms with Gasteiger partial charge in [0.2, 0.25) is 11.6 Å². The van der Waals surface area contributed by atoms with Crippen LogP contribution in [0.25, 0.3) is 0 Å². The van der Waals surface area contributed by atoms with Crippen LogP contribution in [0.3, 0.4) is 0 Å². The summed E-state index contributed by atoms with van der Waals surface area (Å²) in [6, 6.07) is 0. The number of morpholine rings is 1. The number of ether oxygens (including phenoxy) is 1. The topological polar surface area (TPSA) is 90.8 Å². The highest BCUT2D eigenvalue weighted by Gasteiger charge is 2.38. The van der Waals surface area contributed by atoms with Gasteiger partial charge in [-0.25, -0.2) is 0 Å². The Bertz CT molecular complexity index is 364. The van der Waals surface area contributed by atoms with Crippen LogP contribution in [-0.2, 0) is 9.53 Å². The van der Waals surface area contributed by atoms with Crippen molar-refractivity contribution in [3.8, 4) is 0 Å². The molecule has 1 heterocycles. The van der Waals surface area contributed by atoms with Crippen molar-refractivity contribution in [1.29, 1.82) is 0 Å². The van der Waals surface area contributed by atoms with Crippen molar-refractivity contribution < 1.29 is 19.7 Å². The molecule has 0 radical (unpaired) electrons. The van der Waals surface area contributed by atoms with Gasteiger partial charge in [-0.2, -0.15) is 0 Å². The molecule has 0 aromatic carbocycles. The summed E-state index contributed by atoms with van der Waals surface area (Å²) in [5, 5.41) is 24.4. The summed E-state index contributed by atoms with van der Waals surface area (Å²) >= 11 is 0. The minimum Gasteiger partial charge on any atom is -0.395 e. The van der Waals surface area contributed by atoms with Crippen LogP contribution >= 0.6 is 0 Å². The van der Waals surface area contributed by atoms with E-state index in [4.69, 9.17) is 9.84 Å². The largest absolute Gasteiger partial charge is 0.395 e. The SMILES string of the molecule is O=C1C=C2NCCOC2(O)C=C1NCCO. The lowest BCUT2D eigenvalue weighted by atomic mass is 10.0. The predicted molar refractivity (Wildman–Crippen MR) is 55.2 cm³/mol. The van der Waals surface area contributed by atoms with Gasteiger partial charge in [-0.15, -0.1) is 0 Å². The van der Waals surface area contributed by atoms with Crippen LogP contribution in [0.1, 0.15) is 0 Å². The molecular weight excluding hydrogens is 212 g/mol.